The minimum absolute atomic E-state index is 0. The smallest absolute Gasteiger partial charge is 0.415 e. The van der Waals surface area contributed by atoms with Crippen molar-refractivity contribution in [1.82, 2.24) is 4.90 Å². The lowest BCUT2D eigenvalue weighted by Gasteiger charge is -2.40. The van der Waals surface area contributed by atoms with Crippen molar-refractivity contribution in [3.63, 3.8) is 0 Å². The van der Waals surface area contributed by atoms with Crippen molar-refractivity contribution >= 4 is 18.5 Å². The fraction of sp³-hybridized carbons (Fsp3) is 0.435. The van der Waals surface area contributed by atoms with Gasteiger partial charge in [-0.05, 0) is 48.9 Å². The Kier molecular flexibility index (Phi) is 7.30. The zero-order chi connectivity index (χ0) is 21.3. The first-order valence-corrected chi connectivity index (χ1v) is 10.4. The van der Waals surface area contributed by atoms with Crippen molar-refractivity contribution in [2.75, 3.05) is 19.6 Å². The number of nitrogens with zero attached hydrogens (tertiary/aromatic N) is 1. The van der Waals surface area contributed by atoms with E-state index in [0.717, 1.165) is 29.5 Å². The molecule has 1 fully saturated rings. The lowest BCUT2D eigenvalue weighted by Crippen LogP contribution is -2.45. The van der Waals surface area contributed by atoms with Gasteiger partial charge in [-0.25, -0.2) is 4.79 Å². The van der Waals surface area contributed by atoms with Gasteiger partial charge in [-0.3, -0.25) is 0 Å². The van der Waals surface area contributed by atoms with Crippen molar-refractivity contribution in [2.24, 2.45) is 11.7 Å². The number of aromatic hydroxyl groups is 2. The zero-order valence-corrected chi connectivity index (χ0v) is 18.3. The number of phenols is 2. The molecule has 0 radical (unpaired) electrons. The maximum Gasteiger partial charge on any atom is 0.415 e. The lowest BCUT2D eigenvalue weighted by atomic mass is 9.83. The van der Waals surface area contributed by atoms with Crippen LogP contribution in [0.4, 0.5) is 4.79 Å². The molecule has 0 bridgehead atoms. The van der Waals surface area contributed by atoms with Crippen LogP contribution in [0.5, 0.6) is 17.2 Å². The van der Waals surface area contributed by atoms with Crippen LogP contribution in [0.25, 0.3) is 0 Å². The van der Waals surface area contributed by atoms with Crippen LogP contribution in [0.3, 0.4) is 0 Å². The molecule has 0 aliphatic carbocycles. The highest BCUT2D eigenvalue weighted by molar-refractivity contribution is 5.85. The fourth-order valence-electron chi connectivity index (χ4n) is 4.44. The summed E-state index contributed by atoms with van der Waals surface area (Å²) in [5.74, 6) is 0.704. The van der Waals surface area contributed by atoms with E-state index in [2.05, 4.69) is 0 Å². The Morgan fingerprint density at radius 3 is 2.58 bits per heavy atom. The highest BCUT2D eigenvalue weighted by atomic mass is 35.5. The van der Waals surface area contributed by atoms with Crippen molar-refractivity contribution in [3.05, 3.63) is 53.1 Å². The number of aryl methyl sites for hydroxylation is 1. The first kappa shape index (κ1) is 23.2. The molecule has 2 atom stereocenters. The Labute approximate surface area is 188 Å². The topological polar surface area (TPSA) is 105 Å². The number of carbonyl (C=O) groups is 1. The number of fused-ring (bicyclic) bond motifs is 1. The molecule has 8 heteroatoms. The van der Waals surface area contributed by atoms with Crippen molar-refractivity contribution in [3.8, 4) is 17.2 Å². The average Bonchev–Trinajstić information content (AvgIpc) is 2.77. The largest absolute Gasteiger partial charge is 0.507 e. The summed E-state index contributed by atoms with van der Waals surface area (Å²) in [7, 11) is 0. The Bertz CT molecular complexity index is 930. The van der Waals surface area contributed by atoms with Gasteiger partial charge in [-0.2, -0.15) is 0 Å². The third kappa shape index (κ3) is 4.74. The summed E-state index contributed by atoms with van der Waals surface area (Å²) < 4.78 is 11.6. The summed E-state index contributed by atoms with van der Waals surface area (Å²) in [5.41, 5.74) is 8.71. The summed E-state index contributed by atoms with van der Waals surface area (Å²) in [6.07, 6.45) is 1.47. The molecule has 7 nitrogen and oxygen atoms in total. The third-order valence-corrected chi connectivity index (χ3v) is 6.21. The summed E-state index contributed by atoms with van der Waals surface area (Å²) in [6, 6.07) is 10.3. The minimum Gasteiger partial charge on any atom is -0.507 e. The molecule has 0 aromatic heterocycles. The van der Waals surface area contributed by atoms with Gasteiger partial charge in [0.15, 0.2) is 11.5 Å². The summed E-state index contributed by atoms with van der Waals surface area (Å²) in [6.45, 7) is 3.36. The predicted octanol–water partition coefficient (Wildman–Crippen LogP) is 3.68. The second kappa shape index (κ2) is 9.77. The Morgan fingerprint density at radius 2 is 1.90 bits per heavy atom. The number of phenolic OH excluding ortho intramolecular Hbond substituents is 2. The van der Waals surface area contributed by atoms with E-state index in [1.807, 2.05) is 19.1 Å². The van der Waals surface area contributed by atoms with Gasteiger partial charge >= 0.3 is 6.09 Å². The molecule has 2 aromatic carbocycles. The molecular formula is C23H29ClN2O5. The summed E-state index contributed by atoms with van der Waals surface area (Å²) >= 11 is 0. The molecule has 1 amide bonds. The summed E-state index contributed by atoms with van der Waals surface area (Å²) in [5, 5.41) is 20.4. The minimum atomic E-state index is -0.460. The van der Waals surface area contributed by atoms with Crippen LogP contribution in [-0.4, -0.2) is 46.9 Å². The molecule has 2 aliphatic rings. The first-order chi connectivity index (χ1) is 14.5. The number of nitrogens with two attached hydrogens (primary N) is 1. The number of rotatable bonds is 3. The van der Waals surface area contributed by atoms with E-state index in [-0.39, 0.29) is 42.0 Å². The Hall–Kier alpha value is -2.48. The molecule has 31 heavy (non-hydrogen) atoms. The maximum absolute atomic E-state index is 12.5. The van der Waals surface area contributed by atoms with Crippen LogP contribution in [0, 0.1) is 12.8 Å². The maximum atomic E-state index is 12.5. The zero-order valence-electron chi connectivity index (χ0n) is 17.5. The molecule has 1 saturated heterocycles. The van der Waals surface area contributed by atoms with Crippen LogP contribution >= 0.6 is 12.4 Å². The molecule has 0 saturated carbocycles. The van der Waals surface area contributed by atoms with Gasteiger partial charge in [-0.15, -0.1) is 12.4 Å². The number of halogens is 1. The van der Waals surface area contributed by atoms with E-state index in [9.17, 15) is 15.0 Å². The van der Waals surface area contributed by atoms with E-state index in [4.69, 9.17) is 15.2 Å². The molecule has 0 spiro atoms. The number of likely N-dealkylation sites (tertiary alicyclic amines) is 1. The fourth-order valence-corrected chi connectivity index (χ4v) is 4.44. The molecular weight excluding hydrogens is 420 g/mol. The van der Waals surface area contributed by atoms with Gasteiger partial charge in [0.1, 0.15) is 5.75 Å². The first-order valence-electron chi connectivity index (χ1n) is 10.4. The van der Waals surface area contributed by atoms with Gasteiger partial charge in [0, 0.05) is 31.6 Å². The van der Waals surface area contributed by atoms with Gasteiger partial charge in [0.2, 0.25) is 0 Å². The van der Waals surface area contributed by atoms with Crippen molar-refractivity contribution in [2.45, 2.75) is 38.4 Å². The Morgan fingerprint density at radius 1 is 1.19 bits per heavy atom. The van der Waals surface area contributed by atoms with Gasteiger partial charge < -0.3 is 30.3 Å². The number of benzene rings is 2. The van der Waals surface area contributed by atoms with Crippen LogP contribution in [0.2, 0.25) is 0 Å². The number of hydrogen-bond donors (Lipinski definition) is 3. The number of carbonyl (C=O) groups excluding carboxylic acids is 1. The monoisotopic (exact) mass is 448 g/mol. The van der Waals surface area contributed by atoms with E-state index in [0.29, 0.717) is 31.8 Å². The van der Waals surface area contributed by atoms with Crippen LogP contribution in [0.1, 0.15) is 35.6 Å². The molecule has 2 heterocycles. The molecule has 4 rings (SSSR count). The number of hydrogen-bond acceptors (Lipinski definition) is 6. The second-order valence-corrected chi connectivity index (χ2v) is 8.06. The van der Waals surface area contributed by atoms with E-state index in [1.54, 1.807) is 23.1 Å². The van der Waals surface area contributed by atoms with Crippen LogP contribution < -0.4 is 10.5 Å². The SMILES string of the molecule is Cc1ccc2c(c1O)CC(C1CCN(C(=O)Oc3ccccc3O)CC1)OC2CN.Cl. The number of piperidine rings is 1. The van der Waals surface area contributed by atoms with Crippen molar-refractivity contribution in [1.29, 1.82) is 0 Å². The van der Waals surface area contributed by atoms with E-state index in [1.165, 1.54) is 6.07 Å². The second-order valence-electron chi connectivity index (χ2n) is 8.06. The Balaban J connectivity index is 0.00000272. The quantitative estimate of drug-likeness (QED) is 0.661. The molecule has 168 valence electrons. The lowest BCUT2D eigenvalue weighted by molar-refractivity contribution is -0.0633. The highest BCUT2D eigenvalue weighted by Gasteiger charge is 2.36. The third-order valence-electron chi connectivity index (χ3n) is 6.21. The van der Waals surface area contributed by atoms with Gasteiger partial charge in [-0.1, -0.05) is 24.3 Å². The highest BCUT2D eigenvalue weighted by Crippen LogP contribution is 2.40. The van der Waals surface area contributed by atoms with E-state index >= 15 is 0 Å². The molecule has 2 aromatic rings. The number of ether oxygens (including phenoxy) is 2. The molecule has 2 aliphatic heterocycles. The van der Waals surface area contributed by atoms with Crippen LogP contribution in [0.15, 0.2) is 36.4 Å². The van der Waals surface area contributed by atoms with Crippen LogP contribution in [-0.2, 0) is 11.2 Å². The molecule has 2 unspecified atom stereocenters. The normalized spacial score (nSPS) is 21.2. The van der Waals surface area contributed by atoms with Gasteiger partial charge in [0.05, 0.1) is 12.2 Å². The van der Waals surface area contributed by atoms with Crippen molar-refractivity contribution < 1.29 is 24.5 Å². The van der Waals surface area contributed by atoms with Gasteiger partial charge in [0.25, 0.3) is 0 Å². The average molecular weight is 449 g/mol. The summed E-state index contributed by atoms with van der Waals surface area (Å²) in [4.78, 5) is 14.1. The predicted molar refractivity (Wildman–Crippen MR) is 119 cm³/mol. The molecule has 4 N–H and O–H groups in total. The van der Waals surface area contributed by atoms with E-state index < -0.39 is 6.09 Å². The standard InChI is InChI=1S/C23H28N2O5.ClH/c1-14-6-7-16-17(22(14)27)12-20(29-21(16)13-24)15-8-10-25(11-9-15)23(28)30-19-5-3-2-4-18(19)26;/h2-7,15,20-21,26-27H,8-13,24H2,1H3;1H. The number of amides is 1. The number of para-hydroxylation sites is 2.